The Morgan fingerprint density at radius 2 is 1.78 bits per heavy atom. The number of rotatable bonds is 5. The van der Waals surface area contributed by atoms with Crippen LogP contribution in [0.15, 0.2) is 24.3 Å². The third-order valence-corrected chi connectivity index (χ3v) is 5.82. The minimum Gasteiger partial charge on any atom is -0.338 e. The fraction of sp³-hybridized carbons (Fsp3) is 0.619. The highest BCUT2D eigenvalue weighted by atomic mass is 16.2. The van der Waals surface area contributed by atoms with Crippen LogP contribution in [-0.2, 0) is 0 Å². The lowest BCUT2D eigenvalue weighted by Crippen LogP contribution is -2.50. The van der Waals surface area contributed by atoms with Gasteiger partial charge in [0.15, 0.2) is 0 Å². The number of hydrogen-bond donors (Lipinski definition) is 2. The number of nitrogens with zero attached hydrogens (tertiary/aromatic N) is 2. The maximum Gasteiger partial charge on any atom is 0.315 e. The Hall–Kier alpha value is -2.08. The zero-order valence-corrected chi connectivity index (χ0v) is 16.5. The Kier molecular flexibility index (Phi) is 6.72. The third kappa shape index (κ3) is 5.22. The van der Waals surface area contributed by atoms with Crippen molar-refractivity contribution in [3.05, 3.63) is 35.4 Å². The summed E-state index contributed by atoms with van der Waals surface area (Å²) < 4.78 is 0. The minimum absolute atomic E-state index is 0.0822. The molecule has 2 aliphatic rings. The number of aryl methyl sites for hydroxylation is 1. The van der Waals surface area contributed by atoms with Crippen LogP contribution < -0.4 is 10.6 Å². The lowest BCUT2D eigenvalue weighted by Gasteiger charge is -2.32. The number of likely N-dealkylation sites (N-methyl/N-ethyl adjacent to an activating group) is 1. The van der Waals surface area contributed by atoms with Gasteiger partial charge in [-0.1, -0.05) is 24.6 Å². The van der Waals surface area contributed by atoms with Crippen molar-refractivity contribution in [2.24, 2.45) is 0 Å². The summed E-state index contributed by atoms with van der Waals surface area (Å²) >= 11 is 0. The van der Waals surface area contributed by atoms with Gasteiger partial charge in [-0.2, -0.15) is 0 Å². The normalized spacial score (nSPS) is 21.3. The quantitative estimate of drug-likeness (QED) is 0.834. The zero-order chi connectivity index (χ0) is 19.2. The monoisotopic (exact) mass is 372 g/mol. The van der Waals surface area contributed by atoms with Crippen molar-refractivity contribution in [3.63, 3.8) is 0 Å². The predicted molar refractivity (Wildman–Crippen MR) is 107 cm³/mol. The second kappa shape index (κ2) is 9.22. The molecule has 2 aliphatic heterocycles. The number of carbonyl (C=O) groups excluding carboxylic acids is 2. The van der Waals surface area contributed by atoms with Crippen LogP contribution in [0.1, 0.15) is 48.5 Å². The van der Waals surface area contributed by atoms with Crippen LogP contribution in [0.3, 0.4) is 0 Å². The van der Waals surface area contributed by atoms with Gasteiger partial charge in [0, 0.05) is 37.3 Å². The third-order valence-electron chi connectivity index (χ3n) is 5.82. The number of urea groups is 1. The van der Waals surface area contributed by atoms with Gasteiger partial charge in [0.2, 0.25) is 0 Å². The van der Waals surface area contributed by atoms with Gasteiger partial charge in [0.1, 0.15) is 0 Å². The van der Waals surface area contributed by atoms with Gasteiger partial charge in [-0.25, -0.2) is 4.79 Å². The lowest BCUT2D eigenvalue weighted by molar-refractivity contribution is 0.0708. The molecule has 3 rings (SSSR count). The minimum atomic E-state index is -0.0822. The summed E-state index contributed by atoms with van der Waals surface area (Å²) in [6.45, 7) is 8.45. The van der Waals surface area contributed by atoms with Gasteiger partial charge in [0.05, 0.1) is 0 Å². The molecule has 2 saturated heterocycles. The molecule has 1 aromatic rings. The van der Waals surface area contributed by atoms with Crippen LogP contribution in [0.25, 0.3) is 0 Å². The van der Waals surface area contributed by atoms with Crippen LogP contribution in [0.2, 0.25) is 0 Å². The van der Waals surface area contributed by atoms with E-state index in [9.17, 15) is 9.59 Å². The first-order valence-corrected chi connectivity index (χ1v) is 10.2. The summed E-state index contributed by atoms with van der Waals surface area (Å²) in [5.41, 5.74) is 1.89. The van der Waals surface area contributed by atoms with E-state index in [1.807, 2.05) is 36.1 Å². The van der Waals surface area contributed by atoms with Gasteiger partial charge in [0.25, 0.3) is 5.91 Å². The number of benzene rings is 1. The second-order valence-electron chi connectivity index (χ2n) is 7.71. The van der Waals surface area contributed by atoms with Gasteiger partial charge >= 0.3 is 6.03 Å². The summed E-state index contributed by atoms with van der Waals surface area (Å²) in [5.74, 6) is 0.0822. The maximum absolute atomic E-state index is 12.6. The topological polar surface area (TPSA) is 64.7 Å². The van der Waals surface area contributed by atoms with Crippen LogP contribution >= 0.6 is 0 Å². The van der Waals surface area contributed by atoms with Crippen LogP contribution in [0.4, 0.5) is 4.79 Å². The number of likely N-dealkylation sites (tertiary alicyclic amines) is 2. The van der Waals surface area contributed by atoms with E-state index in [-0.39, 0.29) is 18.0 Å². The molecule has 0 spiro atoms. The summed E-state index contributed by atoms with van der Waals surface area (Å²) in [6.07, 6.45) is 3.98. The molecule has 1 unspecified atom stereocenters. The molecule has 6 nitrogen and oxygen atoms in total. The van der Waals surface area contributed by atoms with E-state index in [1.165, 1.54) is 6.42 Å². The molecule has 0 saturated carbocycles. The first-order chi connectivity index (χ1) is 13.1. The number of piperidine rings is 1. The van der Waals surface area contributed by atoms with Crippen LogP contribution in [0, 0.1) is 6.92 Å². The molecule has 0 aromatic heterocycles. The van der Waals surface area contributed by atoms with Crippen LogP contribution in [0.5, 0.6) is 0 Å². The smallest absolute Gasteiger partial charge is 0.315 e. The van der Waals surface area contributed by atoms with E-state index in [0.717, 1.165) is 43.5 Å². The van der Waals surface area contributed by atoms with Gasteiger partial charge < -0.3 is 15.5 Å². The SMILES string of the molecule is CCN1CCCC1CNC(=O)NC1CCN(C(=O)c2ccc(C)cc2)CC1. The molecule has 2 heterocycles. The molecular formula is C21H32N4O2. The van der Waals surface area contributed by atoms with Crippen molar-refractivity contribution in [1.29, 1.82) is 0 Å². The molecule has 27 heavy (non-hydrogen) atoms. The van der Waals surface area contributed by atoms with Crippen molar-refractivity contribution in [1.82, 2.24) is 20.4 Å². The Labute approximate surface area is 162 Å². The van der Waals surface area contributed by atoms with Gasteiger partial charge in [-0.15, -0.1) is 0 Å². The largest absolute Gasteiger partial charge is 0.338 e. The summed E-state index contributed by atoms with van der Waals surface area (Å²) in [4.78, 5) is 29.1. The molecule has 0 bridgehead atoms. The molecule has 0 aliphatic carbocycles. The standard InChI is InChI=1S/C21H32N4O2/c1-3-24-12-4-5-19(24)15-22-21(27)23-18-10-13-25(14-11-18)20(26)17-8-6-16(2)7-9-17/h6-9,18-19H,3-5,10-15H2,1-2H3,(H2,22,23,27). The molecule has 3 amide bonds. The predicted octanol–water partition coefficient (Wildman–Crippen LogP) is 2.38. The molecule has 0 radical (unpaired) electrons. The molecule has 1 atom stereocenters. The molecule has 148 valence electrons. The molecule has 1 aromatic carbocycles. The molecule has 6 heteroatoms. The lowest BCUT2D eigenvalue weighted by atomic mass is 10.0. The molecular weight excluding hydrogens is 340 g/mol. The number of hydrogen-bond acceptors (Lipinski definition) is 3. The van der Waals surface area contributed by atoms with Crippen molar-refractivity contribution in [3.8, 4) is 0 Å². The Bertz CT molecular complexity index is 638. The summed E-state index contributed by atoms with van der Waals surface area (Å²) in [5, 5.41) is 6.10. The molecule has 2 N–H and O–H groups in total. The van der Waals surface area contributed by atoms with Crippen molar-refractivity contribution in [2.45, 2.75) is 51.6 Å². The zero-order valence-electron chi connectivity index (χ0n) is 16.5. The van der Waals surface area contributed by atoms with Crippen molar-refractivity contribution < 1.29 is 9.59 Å². The Morgan fingerprint density at radius 1 is 1.07 bits per heavy atom. The van der Waals surface area contributed by atoms with E-state index >= 15 is 0 Å². The highest BCUT2D eigenvalue weighted by Gasteiger charge is 2.26. The summed E-state index contributed by atoms with van der Waals surface area (Å²) in [6, 6.07) is 8.23. The Balaban J connectivity index is 1.39. The van der Waals surface area contributed by atoms with E-state index in [2.05, 4.69) is 22.5 Å². The Morgan fingerprint density at radius 3 is 2.44 bits per heavy atom. The average Bonchev–Trinajstić information content (AvgIpc) is 3.15. The summed E-state index contributed by atoms with van der Waals surface area (Å²) in [7, 11) is 0. The van der Waals surface area contributed by atoms with E-state index in [0.29, 0.717) is 25.7 Å². The van der Waals surface area contributed by atoms with E-state index < -0.39 is 0 Å². The first kappa shape index (κ1) is 19.7. The van der Waals surface area contributed by atoms with Crippen molar-refractivity contribution >= 4 is 11.9 Å². The second-order valence-corrected chi connectivity index (χ2v) is 7.71. The highest BCUT2D eigenvalue weighted by molar-refractivity contribution is 5.94. The van der Waals surface area contributed by atoms with Crippen LogP contribution in [-0.4, -0.2) is 66.5 Å². The average molecular weight is 373 g/mol. The first-order valence-electron chi connectivity index (χ1n) is 10.2. The van der Waals surface area contributed by atoms with E-state index in [1.54, 1.807) is 0 Å². The highest BCUT2D eigenvalue weighted by Crippen LogP contribution is 2.16. The van der Waals surface area contributed by atoms with Gasteiger partial charge in [-0.3, -0.25) is 9.69 Å². The van der Waals surface area contributed by atoms with Gasteiger partial charge in [-0.05, 0) is 57.8 Å². The fourth-order valence-corrected chi connectivity index (χ4v) is 4.10. The number of carbonyl (C=O) groups is 2. The number of nitrogens with one attached hydrogen (secondary N) is 2. The van der Waals surface area contributed by atoms with E-state index in [4.69, 9.17) is 0 Å². The fourth-order valence-electron chi connectivity index (χ4n) is 4.10. The molecule has 2 fully saturated rings. The maximum atomic E-state index is 12.6. The number of amides is 3. The van der Waals surface area contributed by atoms with Crippen molar-refractivity contribution in [2.75, 3.05) is 32.7 Å².